The van der Waals surface area contributed by atoms with E-state index in [1.807, 2.05) is 0 Å². The number of nitrogens with zero attached hydrogens (tertiary/aromatic N) is 3. The molecule has 0 saturated heterocycles. The summed E-state index contributed by atoms with van der Waals surface area (Å²) in [5, 5.41) is 21.1. The molecule has 106 valence electrons. The minimum absolute atomic E-state index is 0.00147. The lowest BCUT2D eigenvalue weighted by Gasteiger charge is -2.06. The molecular formula is C12H12ClN3O3S. The van der Waals surface area contributed by atoms with E-state index in [2.05, 4.69) is 4.98 Å². The molecule has 8 heteroatoms. The van der Waals surface area contributed by atoms with Gasteiger partial charge in [0.05, 0.1) is 34.0 Å². The van der Waals surface area contributed by atoms with Crippen LogP contribution in [0, 0.1) is 10.1 Å². The van der Waals surface area contributed by atoms with Gasteiger partial charge in [0.2, 0.25) is 0 Å². The van der Waals surface area contributed by atoms with Crippen LogP contribution < -0.4 is 0 Å². The molecule has 0 aliphatic rings. The van der Waals surface area contributed by atoms with E-state index in [0.717, 1.165) is 0 Å². The molecule has 0 fully saturated rings. The van der Waals surface area contributed by atoms with Gasteiger partial charge in [-0.2, -0.15) is 0 Å². The van der Waals surface area contributed by atoms with Gasteiger partial charge in [-0.15, -0.1) is 0 Å². The monoisotopic (exact) mass is 313 g/mol. The van der Waals surface area contributed by atoms with E-state index >= 15 is 0 Å². The minimum Gasteiger partial charge on any atom is -0.390 e. The lowest BCUT2D eigenvalue weighted by atomic mass is 10.2. The molecule has 1 heterocycles. The minimum atomic E-state index is -0.445. The van der Waals surface area contributed by atoms with E-state index in [4.69, 9.17) is 16.7 Å². The highest BCUT2D eigenvalue weighted by Crippen LogP contribution is 2.32. The second-order valence-corrected chi connectivity index (χ2v) is 5.38. The summed E-state index contributed by atoms with van der Waals surface area (Å²) in [7, 11) is 1.78. The van der Waals surface area contributed by atoms with Crippen molar-refractivity contribution < 1.29 is 10.0 Å². The molecule has 0 aliphatic carbocycles. The van der Waals surface area contributed by atoms with Crippen LogP contribution in [0.15, 0.2) is 29.6 Å². The van der Waals surface area contributed by atoms with Crippen LogP contribution >= 0.6 is 23.4 Å². The first-order chi connectivity index (χ1) is 9.54. The zero-order valence-electron chi connectivity index (χ0n) is 10.6. The smallest absolute Gasteiger partial charge is 0.274 e. The number of hydrogen-bond donors (Lipinski definition) is 1. The van der Waals surface area contributed by atoms with Gasteiger partial charge in [0.25, 0.3) is 5.69 Å². The first kappa shape index (κ1) is 14.8. The van der Waals surface area contributed by atoms with Crippen LogP contribution in [-0.4, -0.2) is 19.6 Å². The fourth-order valence-corrected chi connectivity index (χ4v) is 3.04. The van der Waals surface area contributed by atoms with E-state index in [0.29, 0.717) is 27.2 Å². The first-order valence-corrected chi connectivity index (χ1v) is 7.07. The summed E-state index contributed by atoms with van der Waals surface area (Å²) in [5.74, 6) is 0.339. The fourth-order valence-electron chi connectivity index (χ4n) is 1.70. The molecule has 0 amide bonds. The van der Waals surface area contributed by atoms with Crippen LogP contribution in [0.2, 0.25) is 5.02 Å². The molecular weight excluding hydrogens is 302 g/mol. The van der Waals surface area contributed by atoms with Crippen LogP contribution in [-0.2, 0) is 19.4 Å². The van der Waals surface area contributed by atoms with Gasteiger partial charge in [0.1, 0.15) is 0 Å². The van der Waals surface area contributed by atoms with Crippen molar-refractivity contribution in [2.75, 3.05) is 0 Å². The summed E-state index contributed by atoms with van der Waals surface area (Å²) < 4.78 is 1.74. The molecule has 2 rings (SSSR count). The lowest BCUT2D eigenvalue weighted by molar-refractivity contribution is -0.385. The van der Waals surface area contributed by atoms with Crippen molar-refractivity contribution >= 4 is 29.1 Å². The Bertz CT molecular complexity index is 645. The molecule has 0 bridgehead atoms. The molecule has 1 N–H and O–H groups in total. The molecule has 0 radical (unpaired) electrons. The van der Waals surface area contributed by atoms with E-state index < -0.39 is 4.92 Å². The highest BCUT2D eigenvalue weighted by molar-refractivity contribution is 7.98. The predicted octanol–water partition coefficient (Wildman–Crippen LogP) is 2.77. The molecule has 0 unspecified atom stereocenters. The first-order valence-electron chi connectivity index (χ1n) is 5.70. The molecule has 0 spiro atoms. The number of thioether (sulfide) groups is 1. The van der Waals surface area contributed by atoms with Gasteiger partial charge < -0.3 is 9.67 Å². The van der Waals surface area contributed by atoms with Crippen molar-refractivity contribution in [2.24, 2.45) is 7.05 Å². The van der Waals surface area contributed by atoms with Gasteiger partial charge in [-0.25, -0.2) is 4.98 Å². The number of halogens is 1. The molecule has 0 saturated carbocycles. The molecule has 2 aromatic rings. The summed E-state index contributed by atoms with van der Waals surface area (Å²) in [4.78, 5) is 14.7. The van der Waals surface area contributed by atoms with Gasteiger partial charge in [-0.3, -0.25) is 10.1 Å². The van der Waals surface area contributed by atoms with Crippen LogP contribution in [0.4, 0.5) is 5.69 Å². The second-order valence-electron chi connectivity index (χ2n) is 4.03. The van der Waals surface area contributed by atoms with Crippen molar-refractivity contribution in [1.29, 1.82) is 0 Å². The van der Waals surface area contributed by atoms with Gasteiger partial charge in [0, 0.05) is 18.9 Å². The fraction of sp³-hybridized carbons (Fsp3) is 0.250. The second kappa shape index (κ2) is 6.25. The number of nitro benzene ring substituents is 1. The number of rotatable bonds is 5. The third kappa shape index (κ3) is 2.95. The summed E-state index contributed by atoms with van der Waals surface area (Å²) in [5.41, 5.74) is 1.15. The average molecular weight is 314 g/mol. The Balaban J connectivity index is 2.22. The van der Waals surface area contributed by atoms with Crippen molar-refractivity contribution in [1.82, 2.24) is 9.55 Å². The number of hydrogen-bond acceptors (Lipinski definition) is 5. The van der Waals surface area contributed by atoms with E-state index in [1.54, 1.807) is 29.9 Å². The van der Waals surface area contributed by atoms with Crippen LogP contribution in [0.3, 0.4) is 0 Å². The molecule has 1 aromatic carbocycles. The van der Waals surface area contributed by atoms with Crippen molar-refractivity contribution in [2.45, 2.75) is 17.5 Å². The summed E-state index contributed by atoms with van der Waals surface area (Å²) in [6, 6.07) is 4.61. The maximum atomic E-state index is 11.0. The van der Waals surface area contributed by atoms with Gasteiger partial charge in [-0.1, -0.05) is 29.4 Å². The number of imidazole rings is 1. The standard InChI is InChI=1S/C12H12ClN3O3S/c1-15-8(6-17)5-14-12(15)20-7-9-10(13)3-2-4-11(9)16(18)19/h2-5,17H,6-7H2,1H3. The van der Waals surface area contributed by atoms with Crippen molar-refractivity contribution in [3.05, 3.63) is 50.8 Å². The van der Waals surface area contributed by atoms with Gasteiger partial charge in [-0.05, 0) is 6.07 Å². The highest BCUT2D eigenvalue weighted by atomic mass is 35.5. The van der Waals surface area contributed by atoms with E-state index in [-0.39, 0.29) is 12.3 Å². The molecule has 20 heavy (non-hydrogen) atoms. The largest absolute Gasteiger partial charge is 0.390 e. The van der Waals surface area contributed by atoms with Crippen LogP contribution in [0.25, 0.3) is 0 Å². The predicted molar refractivity (Wildman–Crippen MR) is 76.8 cm³/mol. The Hall–Kier alpha value is -1.57. The van der Waals surface area contributed by atoms with Gasteiger partial charge in [0.15, 0.2) is 5.16 Å². The van der Waals surface area contributed by atoms with E-state index in [9.17, 15) is 10.1 Å². The van der Waals surface area contributed by atoms with Crippen molar-refractivity contribution in [3.8, 4) is 0 Å². The maximum Gasteiger partial charge on any atom is 0.274 e. The molecule has 1 aromatic heterocycles. The quantitative estimate of drug-likeness (QED) is 0.521. The van der Waals surface area contributed by atoms with Crippen LogP contribution in [0.1, 0.15) is 11.3 Å². The molecule has 0 atom stereocenters. The number of aromatic nitrogens is 2. The third-order valence-electron chi connectivity index (χ3n) is 2.84. The normalized spacial score (nSPS) is 10.8. The van der Waals surface area contributed by atoms with Gasteiger partial charge >= 0.3 is 0 Å². The van der Waals surface area contributed by atoms with E-state index in [1.165, 1.54) is 17.8 Å². The zero-order valence-corrected chi connectivity index (χ0v) is 12.2. The Kier molecular flexibility index (Phi) is 4.64. The Labute approximate surface area is 124 Å². The topological polar surface area (TPSA) is 81.2 Å². The maximum absolute atomic E-state index is 11.0. The summed E-state index contributed by atoms with van der Waals surface area (Å²) in [6.07, 6.45) is 1.57. The SMILES string of the molecule is Cn1c(CO)cnc1SCc1c(Cl)cccc1[N+](=O)[O-]. The molecule has 0 aliphatic heterocycles. The zero-order chi connectivity index (χ0) is 14.7. The average Bonchev–Trinajstić information content (AvgIpc) is 2.77. The number of aliphatic hydroxyl groups is 1. The Morgan fingerprint density at radius 1 is 1.55 bits per heavy atom. The third-order valence-corrected chi connectivity index (χ3v) is 4.26. The number of benzene rings is 1. The van der Waals surface area contributed by atoms with Crippen LogP contribution in [0.5, 0.6) is 0 Å². The Morgan fingerprint density at radius 3 is 2.90 bits per heavy atom. The summed E-state index contributed by atoms with van der Waals surface area (Å²) in [6.45, 7) is -0.101. The summed E-state index contributed by atoms with van der Waals surface area (Å²) >= 11 is 7.36. The molecule has 6 nitrogen and oxygen atoms in total. The Morgan fingerprint density at radius 2 is 2.30 bits per heavy atom. The van der Waals surface area contributed by atoms with Crippen molar-refractivity contribution in [3.63, 3.8) is 0 Å². The number of nitro groups is 1. The number of aliphatic hydroxyl groups excluding tert-OH is 1. The lowest BCUT2D eigenvalue weighted by Crippen LogP contribution is -1.99. The highest BCUT2D eigenvalue weighted by Gasteiger charge is 2.17.